The molecular formula is C36H44O2Si. The minimum atomic E-state index is -1.71. The highest BCUT2D eigenvalue weighted by molar-refractivity contribution is 6.94. The van der Waals surface area contributed by atoms with Crippen LogP contribution in [-0.4, -0.2) is 20.7 Å². The molecule has 0 fully saturated rings. The number of hydrogen-bond donors (Lipinski definition) is 0. The summed E-state index contributed by atoms with van der Waals surface area (Å²) < 4.78 is 5.18. The molecule has 204 valence electrons. The molecule has 0 aromatic heterocycles. The van der Waals surface area contributed by atoms with Crippen molar-refractivity contribution in [3.63, 3.8) is 0 Å². The zero-order chi connectivity index (χ0) is 28.6. The van der Waals surface area contributed by atoms with Crippen LogP contribution in [0.25, 0.3) is 16.8 Å². The molecule has 3 heteroatoms. The lowest BCUT2D eigenvalue weighted by molar-refractivity contribution is 0.0526. The lowest BCUT2D eigenvalue weighted by Gasteiger charge is -2.33. The number of ether oxygens (including phenoxy) is 1. The molecule has 1 aliphatic carbocycles. The fourth-order valence-electron chi connectivity index (χ4n) is 5.36. The molecule has 3 aromatic carbocycles. The molecule has 0 saturated heterocycles. The summed E-state index contributed by atoms with van der Waals surface area (Å²) in [5, 5.41) is 1.37. The summed E-state index contributed by atoms with van der Waals surface area (Å²) in [4.78, 5) is 12.2. The number of esters is 1. The Balaban J connectivity index is 1.78. The van der Waals surface area contributed by atoms with Gasteiger partial charge in [-0.3, -0.25) is 0 Å². The largest absolute Gasteiger partial charge is 0.462 e. The molecule has 0 aliphatic heterocycles. The maximum Gasteiger partial charge on any atom is 0.338 e. The summed E-state index contributed by atoms with van der Waals surface area (Å²) in [6.07, 6.45) is 5.82. The predicted molar refractivity (Wildman–Crippen MR) is 170 cm³/mol. The standard InChI is InChI=1S/C36H44O2Si/c1-10-38-34(37)28-14-12-27(13-15-28)33(39(7,8)9)24-25-11-20-32-31(23-25)30(21-22-36(32,5)6)26-16-18-29(19-17-26)35(2,3)4/h11-21,23-24H,10,22H2,1-9H3/b33-24-. The number of rotatable bonds is 6. The number of carbonyl (C=O) groups excluding carboxylic acids is 1. The van der Waals surface area contributed by atoms with Crippen molar-refractivity contribution in [2.45, 2.75) is 78.4 Å². The van der Waals surface area contributed by atoms with Crippen molar-refractivity contribution >= 4 is 30.9 Å². The Kier molecular flexibility index (Phi) is 7.96. The molecule has 0 amide bonds. The van der Waals surface area contributed by atoms with E-state index in [2.05, 4.69) is 121 Å². The first-order chi connectivity index (χ1) is 18.2. The highest BCUT2D eigenvalue weighted by atomic mass is 28.3. The Labute approximate surface area is 236 Å². The molecule has 0 heterocycles. The van der Waals surface area contributed by atoms with Gasteiger partial charge in [-0.1, -0.05) is 120 Å². The second-order valence-electron chi connectivity index (χ2n) is 13.4. The second-order valence-corrected chi connectivity index (χ2v) is 18.5. The average Bonchev–Trinajstić information content (AvgIpc) is 2.86. The van der Waals surface area contributed by atoms with Gasteiger partial charge in [0.2, 0.25) is 0 Å². The van der Waals surface area contributed by atoms with E-state index in [4.69, 9.17) is 4.74 Å². The van der Waals surface area contributed by atoms with Crippen LogP contribution >= 0.6 is 0 Å². The molecule has 1 aliphatic rings. The van der Waals surface area contributed by atoms with Crippen LogP contribution in [0.1, 0.15) is 91.7 Å². The van der Waals surface area contributed by atoms with Crippen molar-refractivity contribution < 1.29 is 9.53 Å². The zero-order valence-corrected chi connectivity index (χ0v) is 26.2. The van der Waals surface area contributed by atoms with Gasteiger partial charge >= 0.3 is 5.97 Å². The highest BCUT2D eigenvalue weighted by Gasteiger charge is 2.29. The molecule has 0 bridgehead atoms. The normalized spacial score (nSPS) is 15.4. The minimum Gasteiger partial charge on any atom is -0.462 e. The number of benzene rings is 3. The second kappa shape index (κ2) is 10.8. The fourth-order valence-corrected chi connectivity index (χ4v) is 7.00. The van der Waals surface area contributed by atoms with Crippen molar-refractivity contribution in [1.82, 2.24) is 0 Å². The van der Waals surface area contributed by atoms with Crippen molar-refractivity contribution in [2.75, 3.05) is 6.61 Å². The van der Waals surface area contributed by atoms with Gasteiger partial charge in [-0.05, 0) is 81.3 Å². The van der Waals surface area contributed by atoms with E-state index in [9.17, 15) is 4.79 Å². The molecule has 0 atom stereocenters. The molecule has 2 nitrogen and oxygen atoms in total. The molecule has 0 radical (unpaired) electrons. The smallest absolute Gasteiger partial charge is 0.338 e. The molecule has 4 rings (SSSR count). The van der Waals surface area contributed by atoms with Gasteiger partial charge in [-0.2, -0.15) is 0 Å². The van der Waals surface area contributed by atoms with E-state index in [1.807, 2.05) is 19.1 Å². The van der Waals surface area contributed by atoms with Gasteiger partial charge < -0.3 is 4.74 Å². The molecule has 0 spiro atoms. The van der Waals surface area contributed by atoms with Crippen LogP contribution in [-0.2, 0) is 15.6 Å². The van der Waals surface area contributed by atoms with E-state index in [0.29, 0.717) is 12.2 Å². The van der Waals surface area contributed by atoms with E-state index < -0.39 is 8.07 Å². The summed E-state index contributed by atoms with van der Waals surface area (Å²) in [6, 6.07) is 24.0. The third-order valence-corrected chi connectivity index (χ3v) is 9.82. The number of allylic oxidation sites excluding steroid dienone is 1. The predicted octanol–water partition coefficient (Wildman–Crippen LogP) is 9.69. The summed E-state index contributed by atoms with van der Waals surface area (Å²) >= 11 is 0. The first kappa shape index (κ1) is 28.8. The van der Waals surface area contributed by atoms with Crippen molar-refractivity contribution in [1.29, 1.82) is 0 Å². The molecule has 39 heavy (non-hydrogen) atoms. The zero-order valence-electron chi connectivity index (χ0n) is 25.2. The summed E-state index contributed by atoms with van der Waals surface area (Å²) in [5.74, 6) is -0.269. The van der Waals surface area contributed by atoms with Crippen molar-refractivity contribution in [3.05, 3.63) is 112 Å². The monoisotopic (exact) mass is 536 g/mol. The Morgan fingerprint density at radius 3 is 2.10 bits per heavy atom. The van der Waals surface area contributed by atoms with E-state index in [-0.39, 0.29) is 16.8 Å². The Morgan fingerprint density at radius 1 is 0.923 bits per heavy atom. The molecule has 0 unspecified atom stereocenters. The minimum absolute atomic E-state index is 0.0942. The van der Waals surface area contributed by atoms with E-state index >= 15 is 0 Å². The topological polar surface area (TPSA) is 26.3 Å². The lowest BCUT2D eigenvalue weighted by atomic mass is 9.71. The molecule has 0 saturated carbocycles. The van der Waals surface area contributed by atoms with Gasteiger partial charge in [0.1, 0.15) is 0 Å². The van der Waals surface area contributed by atoms with Gasteiger partial charge in [0.25, 0.3) is 0 Å². The lowest BCUT2D eigenvalue weighted by Crippen LogP contribution is -2.23. The molecular weight excluding hydrogens is 492 g/mol. The van der Waals surface area contributed by atoms with Crippen LogP contribution in [0.15, 0.2) is 72.8 Å². The first-order valence-electron chi connectivity index (χ1n) is 14.2. The SMILES string of the molecule is CCOC(=O)c1ccc(/C(=C/c2ccc3c(c2)C(c2ccc(C(C)(C)C)cc2)=CCC3(C)C)[Si](C)(C)C)cc1. The van der Waals surface area contributed by atoms with Crippen LogP contribution in [0.4, 0.5) is 0 Å². The van der Waals surface area contributed by atoms with Crippen LogP contribution in [0.2, 0.25) is 19.6 Å². The summed E-state index contributed by atoms with van der Waals surface area (Å²) in [5.41, 5.74) is 9.92. The average molecular weight is 537 g/mol. The first-order valence-corrected chi connectivity index (χ1v) is 17.7. The maximum absolute atomic E-state index is 12.2. The highest BCUT2D eigenvalue weighted by Crippen LogP contribution is 2.42. The van der Waals surface area contributed by atoms with Gasteiger partial charge in [0.05, 0.1) is 20.2 Å². The number of hydrogen-bond acceptors (Lipinski definition) is 2. The Bertz CT molecular complexity index is 1410. The van der Waals surface area contributed by atoms with E-state index in [1.165, 1.54) is 44.2 Å². The van der Waals surface area contributed by atoms with E-state index in [0.717, 1.165) is 6.42 Å². The van der Waals surface area contributed by atoms with Crippen LogP contribution in [0, 0.1) is 0 Å². The van der Waals surface area contributed by atoms with Gasteiger partial charge in [-0.25, -0.2) is 4.79 Å². The van der Waals surface area contributed by atoms with Gasteiger partial charge in [0, 0.05) is 0 Å². The van der Waals surface area contributed by atoms with Crippen LogP contribution < -0.4 is 0 Å². The maximum atomic E-state index is 12.2. The fraction of sp³-hybridized carbons (Fsp3) is 0.361. The Hall–Kier alpha value is -3.17. The third kappa shape index (κ3) is 6.36. The van der Waals surface area contributed by atoms with Crippen molar-refractivity contribution in [3.8, 4) is 0 Å². The van der Waals surface area contributed by atoms with Crippen LogP contribution in [0.5, 0.6) is 0 Å². The quantitative estimate of drug-likeness (QED) is 0.178. The number of carbonyl (C=O) groups is 1. The van der Waals surface area contributed by atoms with E-state index in [1.54, 1.807) is 0 Å². The number of fused-ring (bicyclic) bond motifs is 1. The molecule has 0 N–H and O–H groups in total. The summed E-state index contributed by atoms with van der Waals surface area (Å²) in [6.45, 7) is 20.8. The Morgan fingerprint density at radius 2 is 1.54 bits per heavy atom. The van der Waals surface area contributed by atoms with Crippen molar-refractivity contribution in [2.24, 2.45) is 0 Å². The third-order valence-electron chi connectivity index (χ3n) is 7.77. The van der Waals surface area contributed by atoms with Crippen LogP contribution in [0.3, 0.4) is 0 Å². The summed E-state index contributed by atoms with van der Waals surface area (Å²) in [7, 11) is -1.71. The van der Waals surface area contributed by atoms with Gasteiger partial charge in [-0.15, -0.1) is 0 Å². The molecule has 3 aromatic rings. The van der Waals surface area contributed by atoms with Gasteiger partial charge in [0.15, 0.2) is 0 Å².